The van der Waals surface area contributed by atoms with E-state index in [0.717, 1.165) is 0 Å². The molecule has 34 heavy (non-hydrogen) atoms. The van der Waals surface area contributed by atoms with Gasteiger partial charge in [-0.15, -0.1) is 0 Å². The topological polar surface area (TPSA) is 176 Å². The van der Waals surface area contributed by atoms with Crippen molar-refractivity contribution in [1.29, 1.82) is 0 Å². The molecule has 3 heterocycles. The predicted molar refractivity (Wildman–Crippen MR) is 127 cm³/mol. The third-order valence-corrected chi connectivity index (χ3v) is 6.71. The minimum absolute atomic E-state index is 0.0466. The van der Waals surface area contributed by atoms with Crippen molar-refractivity contribution in [2.45, 2.75) is 51.7 Å². The zero-order chi connectivity index (χ0) is 25.3. The highest BCUT2D eigenvalue weighted by Gasteiger charge is 2.53. The maximum atomic E-state index is 11.8. The molecule has 1 aliphatic heterocycles. The van der Waals surface area contributed by atoms with Crippen molar-refractivity contribution in [1.82, 2.24) is 24.6 Å². The number of nitrogens with one attached hydrogen (secondary N) is 1. The summed E-state index contributed by atoms with van der Waals surface area (Å²) in [5.74, 6) is -0.311. The van der Waals surface area contributed by atoms with Crippen LogP contribution in [-0.4, -0.2) is 80.4 Å². The molecular formula is C19H31N6O7PS. The van der Waals surface area contributed by atoms with Crippen molar-refractivity contribution in [2.24, 2.45) is 5.41 Å². The van der Waals surface area contributed by atoms with Gasteiger partial charge in [-0.2, -0.15) is 9.97 Å². The van der Waals surface area contributed by atoms with Crippen molar-refractivity contribution in [2.75, 3.05) is 32.6 Å². The molecule has 1 saturated heterocycles. The highest BCUT2D eigenvalue weighted by atomic mass is 32.4. The number of methoxy groups -OCH3 is 1. The Morgan fingerprint density at radius 2 is 2.15 bits per heavy atom. The van der Waals surface area contributed by atoms with Gasteiger partial charge in [0.1, 0.15) is 24.9 Å². The number of fused-ring (bicyclic) bond motifs is 1. The second kappa shape index (κ2) is 10.4. The average molecular weight is 519 g/mol. The molecule has 1 unspecified atom stereocenters. The van der Waals surface area contributed by atoms with Crippen LogP contribution >= 0.6 is 7.07 Å². The number of ether oxygens (including phenoxy) is 3. The summed E-state index contributed by atoms with van der Waals surface area (Å²) in [7, 11) is -0.595. The summed E-state index contributed by atoms with van der Waals surface area (Å²) >= 11 is 5.26. The Labute approximate surface area is 202 Å². The molecule has 3 rings (SSSR count). The second-order valence-corrected chi connectivity index (χ2v) is 11.6. The lowest BCUT2D eigenvalue weighted by atomic mass is 9.96. The van der Waals surface area contributed by atoms with Gasteiger partial charge in [0, 0.05) is 0 Å². The fourth-order valence-electron chi connectivity index (χ4n) is 3.30. The lowest BCUT2D eigenvalue weighted by Gasteiger charge is -2.27. The van der Waals surface area contributed by atoms with E-state index in [0.29, 0.717) is 5.52 Å². The molecule has 2 aromatic heterocycles. The number of hydrogen-bond acceptors (Lipinski definition) is 12. The highest BCUT2D eigenvalue weighted by Crippen LogP contribution is 2.40. The van der Waals surface area contributed by atoms with Crippen molar-refractivity contribution < 1.29 is 33.7 Å². The zero-order valence-corrected chi connectivity index (χ0v) is 21.5. The summed E-state index contributed by atoms with van der Waals surface area (Å²) in [5.41, 5.74) is 4.50. The van der Waals surface area contributed by atoms with E-state index in [4.69, 9.17) is 36.3 Å². The van der Waals surface area contributed by atoms with Gasteiger partial charge in [-0.3, -0.25) is 14.4 Å². The minimum atomic E-state index is -2.02. The van der Waals surface area contributed by atoms with Crippen LogP contribution in [0.15, 0.2) is 6.33 Å². The summed E-state index contributed by atoms with van der Waals surface area (Å²) in [5, 5.41) is 24.5. The summed E-state index contributed by atoms with van der Waals surface area (Å²) in [6.45, 7) is 7.39. The van der Waals surface area contributed by atoms with Gasteiger partial charge in [0.05, 0.1) is 33.2 Å². The average Bonchev–Trinajstić information content (AvgIpc) is 3.26. The first-order chi connectivity index (χ1) is 15.8. The highest BCUT2D eigenvalue weighted by molar-refractivity contribution is 8.02. The van der Waals surface area contributed by atoms with Crippen molar-refractivity contribution in [3.8, 4) is 5.88 Å². The molecule has 1 aliphatic rings. The number of esters is 1. The number of aromatic nitrogens is 4. The van der Waals surface area contributed by atoms with Crippen molar-refractivity contribution in [3.63, 3.8) is 0 Å². The number of imidazole rings is 1. The summed E-state index contributed by atoms with van der Waals surface area (Å²) in [6.07, 6.45) is -1.88. The fourth-order valence-corrected chi connectivity index (χ4v) is 4.43. The van der Waals surface area contributed by atoms with Crippen LogP contribution in [0.4, 0.5) is 5.95 Å². The van der Waals surface area contributed by atoms with E-state index in [-0.39, 0.29) is 42.6 Å². The van der Waals surface area contributed by atoms with E-state index >= 15 is 0 Å². The molecule has 1 fully saturated rings. The minimum Gasteiger partial charge on any atom is -0.479 e. The first kappa shape index (κ1) is 26.7. The van der Waals surface area contributed by atoms with Gasteiger partial charge in [-0.1, -0.05) is 32.6 Å². The molecule has 5 atom stereocenters. The molecule has 0 saturated carbocycles. The van der Waals surface area contributed by atoms with Crippen LogP contribution in [-0.2, 0) is 30.6 Å². The molecule has 0 spiro atoms. The van der Waals surface area contributed by atoms with Gasteiger partial charge in [-0.05, 0) is 12.3 Å². The molecule has 5 N–H and O–H groups in total. The number of aliphatic hydroxyl groups excluding tert-OH is 1. The molecule has 0 aliphatic carbocycles. The monoisotopic (exact) mass is 518 g/mol. The van der Waals surface area contributed by atoms with E-state index in [2.05, 4.69) is 20.0 Å². The quantitative estimate of drug-likeness (QED) is 0.260. The molecule has 0 amide bonds. The van der Waals surface area contributed by atoms with Crippen LogP contribution in [0.1, 0.15) is 33.9 Å². The Balaban J connectivity index is 1.62. The molecule has 13 nitrogen and oxygen atoms in total. The molecule has 2 aromatic rings. The standard InChI is InChI=1S/C19H31N6O7PS/c1-18(2,3)8-30-11(26)6-22-33(34)31-7-10-13(27)19(4,28)16(32-10)25-9-21-12-14(25)23-17(20)24-15(12)29-5/h9-10,13,16,27-28,33H,6-8H2,1-5H3,(H,22,34)(H2,20,23,24)/t10-,13+,16-,19+/m1/s1. The molecule has 15 heteroatoms. The van der Waals surface area contributed by atoms with E-state index in [1.165, 1.54) is 24.9 Å². The van der Waals surface area contributed by atoms with E-state index in [1.54, 1.807) is 0 Å². The third-order valence-electron chi connectivity index (χ3n) is 5.03. The number of nitrogens with zero attached hydrogens (tertiary/aromatic N) is 4. The maximum Gasteiger partial charge on any atom is 0.320 e. The van der Waals surface area contributed by atoms with Crippen LogP contribution in [0.3, 0.4) is 0 Å². The van der Waals surface area contributed by atoms with Gasteiger partial charge < -0.3 is 34.7 Å². The summed E-state index contributed by atoms with van der Waals surface area (Å²) in [4.78, 5) is 24.2. The first-order valence-corrected chi connectivity index (χ1v) is 13.0. The number of nitrogen functional groups attached to an aromatic ring is 1. The van der Waals surface area contributed by atoms with E-state index in [9.17, 15) is 15.0 Å². The SMILES string of the molecule is COc1nc(N)nc2c1ncn2[C@@H]1O[C@H](CO[PH](=S)NCC(=O)OCC(C)(C)C)[C@H](O)[C@]1(C)O. The van der Waals surface area contributed by atoms with Crippen LogP contribution in [0.25, 0.3) is 11.2 Å². The van der Waals surface area contributed by atoms with Gasteiger partial charge >= 0.3 is 5.97 Å². The molecule has 0 radical (unpaired) electrons. The molecule has 0 bridgehead atoms. The lowest BCUT2D eigenvalue weighted by Crippen LogP contribution is -2.44. The normalized spacial score (nSPS) is 26.0. The Hall–Kier alpha value is -1.93. The van der Waals surface area contributed by atoms with Gasteiger partial charge in [0.15, 0.2) is 17.4 Å². The smallest absolute Gasteiger partial charge is 0.320 e. The number of hydrogen-bond donors (Lipinski definition) is 4. The Bertz CT molecular complexity index is 1060. The number of rotatable bonds is 9. The number of carbonyl (C=O) groups is 1. The Morgan fingerprint density at radius 3 is 2.79 bits per heavy atom. The van der Waals surface area contributed by atoms with Crippen LogP contribution in [0.5, 0.6) is 5.88 Å². The van der Waals surface area contributed by atoms with Gasteiger partial charge in [-0.25, -0.2) is 4.98 Å². The van der Waals surface area contributed by atoms with E-state index < -0.39 is 37.1 Å². The van der Waals surface area contributed by atoms with E-state index in [1.807, 2.05) is 20.8 Å². The summed E-state index contributed by atoms with van der Waals surface area (Å²) < 4.78 is 23.3. The largest absolute Gasteiger partial charge is 0.479 e. The van der Waals surface area contributed by atoms with Crippen LogP contribution < -0.4 is 15.6 Å². The van der Waals surface area contributed by atoms with Crippen LogP contribution in [0, 0.1) is 5.41 Å². The van der Waals surface area contributed by atoms with Crippen molar-refractivity contribution in [3.05, 3.63) is 6.33 Å². The lowest BCUT2D eigenvalue weighted by molar-refractivity contribution is -0.144. The Kier molecular flexibility index (Phi) is 8.13. The molecule has 190 valence electrons. The van der Waals surface area contributed by atoms with Gasteiger partial charge in [0.25, 0.3) is 0 Å². The zero-order valence-electron chi connectivity index (χ0n) is 19.6. The molecule has 0 aromatic carbocycles. The first-order valence-electron chi connectivity index (χ1n) is 10.5. The van der Waals surface area contributed by atoms with Crippen molar-refractivity contribution >= 4 is 42.0 Å². The fraction of sp³-hybridized carbons (Fsp3) is 0.684. The van der Waals surface area contributed by atoms with Gasteiger partial charge in [0.2, 0.25) is 11.8 Å². The maximum absolute atomic E-state index is 11.8. The third kappa shape index (κ3) is 6.00. The number of nitrogens with two attached hydrogens (primary N) is 1. The predicted octanol–water partition coefficient (Wildman–Crippen LogP) is 0.128. The number of aliphatic hydroxyl groups is 2. The van der Waals surface area contributed by atoms with Crippen LogP contribution in [0.2, 0.25) is 0 Å². The number of carbonyl (C=O) groups excluding carboxylic acids is 1. The Morgan fingerprint density at radius 1 is 1.44 bits per heavy atom. The number of anilines is 1. The second-order valence-electron chi connectivity index (χ2n) is 9.29. The summed E-state index contributed by atoms with van der Waals surface area (Å²) in [6, 6.07) is 0. The molecular weight excluding hydrogens is 487 g/mol.